The van der Waals surface area contributed by atoms with Crippen molar-refractivity contribution in [2.24, 2.45) is 10.7 Å². The minimum Gasteiger partial charge on any atom is -0.463 e. The minimum absolute atomic E-state index is 0.0547. The molecule has 0 aliphatic carbocycles. The van der Waals surface area contributed by atoms with Crippen molar-refractivity contribution in [1.82, 2.24) is 4.98 Å². The van der Waals surface area contributed by atoms with Crippen LogP contribution in [0, 0.1) is 6.92 Å². The zero-order valence-electron chi connectivity index (χ0n) is 18.5. The van der Waals surface area contributed by atoms with Crippen LogP contribution in [0.2, 0.25) is 0 Å². The normalized spacial score (nSPS) is 19.5. The second-order valence-corrected chi connectivity index (χ2v) is 10.6. The average molecular weight is 466 g/mol. The third-order valence-corrected chi connectivity index (χ3v) is 7.89. The molecular weight excluding hydrogens is 438 g/mol. The van der Waals surface area contributed by atoms with E-state index in [0.717, 1.165) is 40.0 Å². The molecule has 3 heterocycles. The predicted molar refractivity (Wildman–Crippen MR) is 130 cm³/mol. The van der Waals surface area contributed by atoms with E-state index in [4.69, 9.17) is 15.5 Å². The molecule has 9 heteroatoms. The first-order chi connectivity index (χ1) is 15.9. The fourth-order valence-electron chi connectivity index (χ4n) is 4.35. The quantitative estimate of drug-likeness (QED) is 0.596. The monoisotopic (exact) mass is 465 g/mol. The Hall–Kier alpha value is -3.33. The topological polar surface area (TPSA) is 110 Å². The lowest BCUT2D eigenvalue weighted by atomic mass is 10.1. The van der Waals surface area contributed by atoms with Gasteiger partial charge in [-0.3, -0.25) is 0 Å². The third kappa shape index (κ3) is 4.45. The largest absolute Gasteiger partial charge is 0.463 e. The molecule has 3 aromatic rings. The van der Waals surface area contributed by atoms with E-state index in [1.54, 1.807) is 12.1 Å². The van der Waals surface area contributed by atoms with E-state index < -0.39 is 9.84 Å². The van der Waals surface area contributed by atoms with Crippen LogP contribution < -0.4 is 16.0 Å². The van der Waals surface area contributed by atoms with Crippen LogP contribution in [0.25, 0.3) is 10.9 Å². The minimum atomic E-state index is -3.33. The van der Waals surface area contributed by atoms with Gasteiger partial charge in [0.25, 0.3) is 6.02 Å². The molecule has 0 radical (unpaired) electrons. The van der Waals surface area contributed by atoms with Gasteiger partial charge in [0.05, 0.1) is 22.2 Å². The molecule has 2 aliphatic rings. The fourth-order valence-corrected chi connectivity index (χ4v) is 5.85. The number of anilines is 2. The molecule has 2 aromatic carbocycles. The van der Waals surface area contributed by atoms with Crippen LogP contribution in [0.1, 0.15) is 17.5 Å². The van der Waals surface area contributed by atoms with Gasteiger partial charge >= 0.3 is 0 Å². The van der Waals surface area contributed by atoms with Crippen LogP contribution in [-0.2, 0) is 21.1 Å². The van der Waals surface area contributed by atoms with Crippen molar-refractivity contribution in [2.75, 3.05) is 35.7 Å². The van der Waals surface area contributed by atoms with Crippen molar-refractivity contribution in [3.63, 3.8) is 0 Å². The summed E-state index contributed by atoms with van der Waals surface area (Å²) in [5, 5.41) is 4.57. The van der Waals surface area contributed by atoms with E-state index in [9.17, 15) is 8.42 Å². The number of pyridine rings is 1. The Labute approximate surface area is 193 Å². The number of ether oxygens (including phenoxy) is 1. The van der Waals surface area contributed by atoms with Gasteiger partial charge in [-0.15, -0.1) is 0 Å². The van der Waals surface area contributed by atoms with Gasteiger partial charge in [0.15, 0.2) is 9.84 Å². The first-order valence-electron chi connectivity index (χ1n) is 11.1. The standard InChI is InChI=1S/C24H27N5O3S/c1-16-6-7-20-19(12-16)21(26-9-8-18-15-32-24(25)27-18)13-23(28-20)29-10-11-33(30,31)22-5-3-2-4-17(22)14-29/h2-7,12-13,18H,8-11,14-15H2,1H3,(H2,25,27)(H,26,28)/t18-/m1/s1. The third-order valence-electron chi connectivity index (χ3n) is 6.10. The summed E-state index contributed by atoms with van der Waals surface area (Å²) in [5.41, 5.74) is 9.40. The Morgan fingerprint density at radius 2 is 2.06 bits per heavy atom. The number of hydrogen-bond donors (Lipinski definition) is 2. The summed E-state index contributed by atoms with van der Waals surface area (Å²) in [4.78, 5) is 11.6. The highest BCUT2D eigenvalue weighted by Gasteiger charge is 2.26. The molecule has 33 heavy (non-hydrogen) atoms. The molecule has 0 saturated carbocycles. The maximum absolute atomic E-state index is 12.8. The number of aromatic nitrogens is 1. The Bertz CT molecular complexity index is 1340. The molecule has 8 nitrogen and oxygen atoms in total. The van der Waals surface area contributed by atoms with Gasteiger partial charge in [0.1, 0.15) is 12.4 Å². The first kappa shape index (κ1) is 21.5. The lowest BCUT2D eigenvalue weighted by Crippen LogP contribution is -2.26. The van der Waals surface area contributed by atoms with Gasteiger partial charge < -0.3 is 20.7 Å². The molecule has 172 valence electrons. The molecular formula is C24H27N5O3S. The van der Waals surface area contributed by atoms with Gasteiger partial charge in [-0.05, 0) is 37.1 Å². The lowest BCUT2D eigenvalue weighted by Gasteiger charge is -2.23. The Balaban J connectivity index is 1.47. The highest BCUT2D eigenvalue weighted by atomic mass is 32.2. The molecule has 0 amide bonds. The number of amidine groups is 1. The maximum Gasteiger partial charge on any atom is 0.282 e. The second kappa shape index (κ2) is 8.55. The van der Waals surface area contributed by atoms with Crippen LogP contribution in [0.4, 0.5) is 11.5 Å². The summed E-state index contributed by atoms with van der Waals surface area (Å²) in [6.07, 6.45) is 0.793. The van der Waals surface area contributed by atoms with Gasteiger partial charge in [-0.1, -0.05) is 29.8 Å². The summed E-state index contributed by atoms with van der Waals surface area (Å²) < 4.78 is 30.8. The number of aryl methyl sites for hydroxylation is 1. The van der Waals surface area contributed by atoms with Crippen LogP contribution in [0.3, 0.4) is 0 Å². The number of rotatable bonds is 5. The van der Waals surface area contributed by atoms with Crippen molar-refractivity contribution >= 4 is 38.3 Å². The van der Waals surface area contributed by atoms with Crippen LogP contribution in [0.5, 0.6) is 0 Å². The van der Waals surface area contributed by atoms with Gasteiger partial charge in [0, 0.05) is 36.8 Å². The molecule has 0 fully saturated rings. The molecule has 1 aromatic heterocycles. The molecule has 5 rings (SSSR count). The van der Waals surface area contributed by atoms with Gasteiger partial charge in [0.2, 0.25) is 0 Å². The molecule has 2 aliphatic heterocycles. The van der Waals surface area contributed by atoms with E-state index in [-0.39, 0.29) is 17.8 Å². The van der Waals surface area contributed by atoms with Gasteiger partial charge in [-0.2, -0.15) is 0 Å². The summed E-state index contributed by atoms with van der Waals surface area (Å²) in [7, 11) is -3.33. The van der Waals surface area contributed by atoms with Gasteiger partial charge in [-0.25, -0.2) is 18.4 Å². The number of nitrogens with zero attached hydrogens (tertiary/aromatic N) is 3. The molecule has 1 atom stereocenters. The summed E-state index contributed by atoms with van der Waals surface area (Å²) in [6.45, 7) is 4.15. The molecule has 0 bridgehead atoms. The lowest BCUT2D eigenvalue weighted by molar-refractivity contribution is 0.309. The predicted octanol–water partition coefficient (Wildman–Crippen LogP) is 2.85. The van der Waals surface area contributed by atoms with Crippen molar-refractivity contribution < 1.29 is 13.2 Å². The number of nitrogens with two attached hydrogens (primary N) is 1. The Morgan fingerprint density at radius 1 is 1.21 bits per heavy atom. The van der Waals surface area contributed by atoms with Crippen molar-refractivity contribution in [3.8, 4) is 0 Å². The molecule has 0 saturated heterocycles. The molecule has 3 N–H and O–H groups in total. The smallest absolute Gasteiger partial charge is 0.282 e. The average Bonchev–Trinajstić information content (AvgIpc) is 3.15. The van der Waals surface area contributed by atoms with E-state index in [2.05, 4.69) is 23.3 Å². The first-order valence-corrected chi connectivity index (χ1v) is 12.7. The zero-order chi connectivity index (χ0) is 23.0. The maximum atomic E-state index is 12.8. The SMILES string of the molecule is Cc1ccc2nc(N3CCS(=O)(=O)c4ccccc4C3)cc(NCC[C@@H]3COC(N)=N3)c2c1. The van der Waals surface area contributed by atoms with Crippen LogP contribution in [0.15, 0.2) is 58.4 Å². The number of aliphatic imine (C=N–C) groups is 1. The summed E-state index contributed by atoms with van der Waals surface area (Å²) in [5.74, 6) is 0.814. The van der Waals surface area contributed by atoms with Crippen LogP contribution >= 0.6 is 0 Å². The Kier molecular flexibility index (Phi) is 5.57. The highest BCUT2D eigenvalue weighted by Crippen LogP contribution is 2.31. The van der Waals surface area contributed by atoms with E-state index in [0.29, 0.717) is 31.1 Å². The summed E-state index contributed by atoms with van der Waals surface area (Å²) >= 11 is 0. The molecule has 0 unspecified atom stereocenters. The summed E-state index contributed by atoms with van der Waals surface area (Å²) in [6, 6.07) is 15.7. The number of fused-ring (bicyclic) bond motifs is 2. The fraction of sp³-hybridized carbons (Fsp3) is 0.333. The van der Waals surface area contributed by atoms with Crippen molar-refractivity contribution in [1.29, 1.82) is 0 Å². The number of sulfone groups is 1. The number of hydrogen-bond acceptors (Lipinski definition) is 8. The highest BCUT2D eigenvalue weighted by molar-refractivity contribution is 7.91. The zero-order valence-corrected chi connectivity index (χ0v) is 19.3. The number of benzene rings is 2. The second-order valence-electron chi connectivity index (χ2n) is 8.54. The van der Waals surface area contributed by atoms with Crippen LogP contribution in [-0.4, -0.2) is 50.9 Å². The van der Waals surface area contributed by atoms with Crippen molar-refractivity contribution in [2.45, 2.75) is 30.8 Å². The number of nitrogens with one attached hydrogen (secondary N) is 1. The Morgan fingerprint density at radius 3 is 2.88 bits per heavy atom. The molecule has 0 spiro atoms. The van der Waals surface area contributed by atoms with E-state index in [1.165, 1.54) is 0 Å². The van der Waals surface area contributed by atoms with E-state index >= 15 is 0 Å². The van der Waals surface area contributed by atoms with E-state index in [1.807, 2.05) is 35.2 Å². The van der Waals surface area contributed by atoms with Crippen molar-refractivity contribution in [3.05, 3.63) is 59.7 Å².